The predicted octanol–water partition coefficient (Wildman–Crippen LogP) is 5.61. The summed E-state index contributed by atoms with van der Waals surface area (Å²) in [6.07, 6.45) is 2.42. The van der Waals surface area contributed by atoms with Gasteiger partial charge in [-0.25, -0.2) is 0 Å². The van der Waals surface area contributed by atoms with Crippen molar-refractivity contribution < 1.29 is 14.3 Å². The van der Waals surface area contributed by atoms with Crippen molar-refractivity contribution in [1.82, 2.24) is 0 Å². The van der Waals surface area contributed by atoms with Gasteiger partial charge >= 0.3 is 0 Å². The minimum absolute atomic E-state index is 0.00322. The van der Waals surface area contributed by atoms with E-state index in [-0.39, 0.29) is 16.8 Å². The molecule has 1 aliphatic heterocycles. The number of hydrogen-bond acceptors (Lipinski definition) is 4. The Balaban J connectivity index is 1.84. The third-order valence-corrected chi connectivity index (χ3v) is 5.77. The van der Waals surface area contributed by atoms with Crippen LogP contribution in [-0.4, -0.2) is 23.0 Å². The Kier molecular flexibility index (Phi) is 6.66. The maximum atomic E-state index is 13.6. The van der Waals surface area contributed by atoms with Gasteiger partial charge in [-0.05, 0) is 62.0 Å². The number of nitrogens with zero attached hydrogens (tertiary/aromatic N) is 2. The summed E-state index contributed by atoms with van der Waals surface area (Å²) in [4.78, 5) is 30.0. The number of hydrogen-bond donors (Lipinski definition) is 0. The molecule has 0 bridgehead atoms. The van der Waals surface area contributed by atoms with Crippen molar-refractivity contribution in [3.05, 3.63) is 96.1 Å². The van der Waals surface area contributed by atoms with Gasteiger partial charge < -0.3 is 4.74 Å². The zero-order valence-electron chi connectivity index (χ0n) is 18.5. The van der Waals surface area contributed by atoms with Crippen LogP contribution in [0.25, 0.3) is 6.08 Å². The highest BCUT2D eigenvalue weighted by atomic mass is 32.1. The average Bonchev–Trinajstić information content (AvgIpc) is 2.84. The van der Waals surface area contributed by atoms with Crippen molar-refractivity contribution >= 4 is 46.6 Å². The molecule has 2 amide bonds. The first kappa shape index (κ1) is 22.4. The summed E-state index contributed by atoms with van der Waals surface area (Å²) < 4.78 is 6.03. The van der Waals surface area contributed by atoms with Crippen molar-refractivity contribution in [2.45, 2.75) is 26.4 Å². The lowest BCUT2D eigenvalue weighted by Crippen LogP contribution is -2.56. The highest BCUT2D eigenvalue weighted by Crippen LogP contribution is 2.31. The first-order valence-corrected chi connectivity index (χ1v) is 11.2. The summed E-state index contributed by atoms with van der Waals surface area (Å²) in [5.74, 6) is -0.325. The smallest absolute Gasteiger partial charge is 0.270 e. The fraction of sp³-hybridized carbons (Fsp3) is 0.148. The molecule has 0 aliphatic carbocycles. The number of anilines is 2. The molecule has 0 saturated carbocycles. The monoisotopic (exact) mass is 456 g/mol. The van der Waals surface area contributed by atoms with Gasteiger partial charge in [-0.1, -0.05) is 61.5 Å². The van der Waals surface area contributed by atoms with Crippen LogP contribution >= 0.6 is 12.2 Å². The zero-order valence-corrected chi connectivity index (χ0v) is 19.3. The van der Waals surface area contributed by atoms with Gasteiger partial charge in [0.25, 0.3) is 11.8 Å². The molecular weight excluding hydrogens is 432 g/mol. The molecule has 33 heavy (non-hydrogen) atoms. The van der Waals surface area contributed by atoms with E-state index in [4.69, 9.17) is 17.0 Å². The van der Waals surface area contributed by atoms with Crippen LogP contribution in [0.2, 0.25) is 0 Å². The number of carbonyl (C=O) groups excluding carboxylic acids is 2. The maximum Gasteiger partial charge on any atom is 0.270 e. The molecule has 0 N–H and O–H groups in total. The molecule has 0 aromatic heterocycles. The lowest BCUT2D eigenvalue weighted by molar-refractivity contribution is -0.120. The summed E-state index contributed by atoms with van der Waals surface area (Å²) in [7, 11) is 0. The first-order chi connectivity index (χ1) is 16.0. The lowest BCUT2D eigenvalue weighted by atomic mass is 10.0. The third kappa shape index (κ3) is 4.56. The summed E-state index contributed by atoms with van der Waals surface area (Å²) in [5.41, 5.74) is 1.85. The van der Waals surface area contributed by atoms with Crippen LogP contribution < -0.4 is 14.5 Å². The summed E-state index contributed by atoms with van der Waals surface area (Å²) in [5, 5.41) is 0.115. The summed E-state index contributed by atoms with van der Waals surface area (Å²) in [6, 6.07) is 25.6. The molecule has 3 aromatic rings. The Bertz CT molecular complexity index is 1140. The zero-order chi connectivity index (χ0) is 23.4. The van der Waals surface area contributed by atoms with Gasteiger partial charge in [0.2, 0.25) is 0 Å². The van der Waals surface area contributed by atoms with Crippen LogP contribution in [0, 0.1) is 0 Å². The van der Waals surface area contributed by atoms with Crippen molar-refractivity contribution in [3.8, 4) is 5.75 Å². The molecule has 1 heterocycles. The van der Waals surface area contributed by atoms with Gasteiger partial charge in [-0.3, -0.25) is 19.4 Å². The van der Waals surface area contributed by atoms with Crippen molar-refractivity contribution in [2.75, 3.05) is 9.80 Å². The Morgan fingerprint density at radius 3 is 1.82 bits per heavy atom. The molecule has 0 spiro atoms. The number of ether oxygens (including phenoxy) is 1. The second kappa shape index (κ2) is 9.79. The normalized spacial score (nSPS) is 15.0. The summed E-state index contributed by atoms with van der Waals surface area (Å²) >= 11 is 5.64. The van der Waals surface area contributed by atoms with Gasteiger partial charge in [-0.15, -0.1) is 0 Å². The molecule has 4 rings (SSSR count). The Morgan fingerprint density at radius 1 is 0.818 bits per heavy atom. The predicted molar refractivity (Wildman–Crippen MR) is 135 cm³/mol. The number of amides is 2. The van der Waals surface area contributed by atoms with Crippen molar-refractivity contribution in [2.24, 2.45) is 0 Å². The minimum atomic E-state index is -0.471. The van der Waals surface area contributed by atoms with E-state index >= 15 is 0 Å². The van der Waals surface area contributed by atoms with E-state index in [1.807, 2.05) is 74.5 Å². The highest BCUT2D eigenvalue weighted by molar-refractivity contribution is 7.81. The lowest BCUT2D eigenvalue weighted by Gasteiger charge is -2.36. The highest BCUT2D eigenvalue weighted by Gasteiger charge is 2.41. The van der Waals surface area contributed by atoms with Gasteiger partial charge in [0.05, 0.1) is 17.5 Å². The van der Waals surface area contributed by atoms with Gasteiger partial charge in [0.1, 0.15) is 11.3 Å². The molecule has 3 aromatic carbocycles. The van der Waals surface area contributed by atoms with Gasteiger partial charge in [0, 0.05) is 5.56 Å². The maximum absolute atomic E-state index is 13.6. The molecule has 166 valence electrons. The Hall–Kier alpha value is -3.77. The van der Waals surface area contributed by atoms with E-state index in [0.29, 0.717) is 22.7 Å². The molecule has 5 nitrogen and oxygen atoms in total. The standard InChI is InChI=1S/C27H24N2O3S/c1-3-19(2)32-24-17-11-10-12-20(24)18-23-25(30)28(21-13-6-4-7-14-21)27(33)29(26(23)31)22-15-8-5-9-16-22/h4-19H,3H2,1-2H3/t19-/m1/s1. The third-order valence-electron chi connectivity index (χ3n) is 5.40. The van der Waals surface area contributed by atoms with Crippen molar-refractivity contribution in [3.63, 3.8) is 0 Å². The van der Waals surface area contributed by atoms with Gasteiger partial charge in [0.15, 0.2) is 5.11 Å². The van der Waals surface area contributed by atoms with Crippen LogP contribution in [0.4, 0.5) is 11.4 Å². The molecule has 1 fully saturated rings. The topological polar surface area (TPSA) is 49.9 Å². The van der Waals surface area contributed by atoms with Crippen LogP contribution in [0.3, 0.4) is 0 Å². The van der Waals surface area contributed by atoms with Crippen molar-refractivity contribution in [1.29, 1.82) is 0 Å². The molecule has 1 aliphatic rings. The summed E-state index contributed by atoms with van der Waals surface area (Å²) in [6.45, 7) is 4.02. The fourth-order valence-corrected chi connectivity index (χ4v) is 3.88. The molecule has 0 radical (unpaired) electrons. The second-order valence-corrected chi connectivity index (χ2v) is 8.03. The van der Waals surface area contributed by atoms with Crippen LogP contribution in [0.15, 0.2) is 90.5 Å². The molecule has 1 saturated heterocycles. The first-order valence-electron chi connectivity index (χ1n) is 10.8. The second-order valence-electron chi connectivity index (χ2n) is 7.67. The molecule has 0 unspecified atom stereocenters. The van der Waals surface area contributed by atoms with Gasteiger partial charge in [-0.2, -0.15) is 0 Å². The SMILES string of the molecule is CC[C@@H](C)Oc1ccccc1C=C1C(=O)N(c2ccccc2)C(=S)N(c2ccccc2)C1=O. The number of benzene rings is 3. The molecular formula is C27H24N2O3S. The van der Waals surface area contributed by atoms with E-state index in [2.05, 4.69) is 0 Å². The van der Waals surface area contributed by atoms with E-state index in [1.54, 1.807) is 30.3 Å². The van der Waals surface area contributed by atoms with Crippen LogP contribution in [-0.2, 0) is 9.59 Å². The number of rotatable bonds is 6. The number of para-hydroxylation sites is 3. The molecule has 1 atom stereocenters. The quantitative estimate of drug-likeness (QED) is 0.275. The minimum Gasteiger partial charge on any atom is -0.490 e. The Labute approximate surface area is 198 Å². The van der Waals surface area contributed by atoms with Crippen LogP contribution in [0.1, 0.15) is 25.8 Å². The number of thiocarbonyl (C=S) groups is 1. The van der Waals surface area contributed by atoms with E-state index in [1.165, 1.54) is 9.80 Å². The largest absolute Gasteiger partial charge is 0.490 e. The van der Waals surface area contributed by atoms with E-state index in [0.717, 1.165) is 6.42 Å². The van der Waals surface area contributed by atoms with E-state index < -0.39 is 11.8 Å². The van der Waals surface area contributed by atoms with Crippen LogP contribution in [0.5, 0.6) is 5.75 Å². The van der Waals surface area contributed by atoms with E-state index in [9.17, 15) is 9.59 Å². The number of carbonyl (C=O) groups is 2. The molecule has 6 heteroatoms. The average molecular weight is 457 g/mol. The fourth-order valence-electron chi connectivity index (χ4n) is 3.50. The Morgan fingerprint density at radius 2 is 1.30 bits per heavy atom.